The Hall–Kier alpha value is -3.12. The zero-order chi connectivity index (χ0) is 27.5. The van der Waals surface area contributed by atoms with Crippen LogP contribution in [0.2, 0.25) is 10.0 Å². The number of nitrogens with one attached hydrogen (secondary N) is 2. The van der Waals surface area contributed by atoms with Crippen molar-refractivity contribution in [2.75, 3.05) is 15.8 Å². The van der Waals surface area contributed by atoms with Gasteiger partial charge in [-0.25, -0.2) is 8.42 Å². The zero-order valence-corrected chi connectivity index (χ0v) is 23.8. The lowest BCUT2D eigenvalue weighted by Crippen LogP contribution is -2.16. The van der Waals surface area contributed by atoms with E-state index in [-0.39, 0.29) is 32.7 Å². The minimum atomic E-state index is -3.85. The summed E-state index contributed by atoms with van der Waals surface area (Å²) in [4.78, 5) is 12.6. The van der Waals surface area contributed by atoms with Crippen molar-refractivity contribution in [3.05, 3.63) is 82.3 Å². The van der Waals surface area contributed by atoms with Crippen molar-refractivity contribution in [3.8, 4) is 5.69 Å². The van der Waals surface area contributed by atoms with E-state index >= 15 is 0 Å². The number of amides is 1. The van der Waals surface area contributed by atoms with Gasteiger partial charge in [0.25, 0.3) is 10.0 Å². The fourth-order valence-corrected chi connectivity index (χ4v) is 5.69. The van der Waals surface area contributed by atoms with Gasteiger partial charge in [-0.1, -0.05) is 80.0 Å². The minimum Gasteiger partial charge on any atom is -0.324 e. The van der Waals surface area contributed by atoms with Crippen LogP contribution in [0.1, 0.15) is 26.3 Å². The Morgan fingerprint density at radius 2 is 1.74 bits per heavy atom. The highest BCUT2D eigenvalue weighted by Gasteiger charge is 2.20. The van der Waals surface area contributed by atoms with E-state index in [1.807, 2.05) is 18.2 Å². The highest BCUT2D eigenvalue weighted by molar-refractivity contribution is 7.99. The maximum absolute atomic E-state index is 12.7. The number of tetrazole rings is 1. The minimum absolute atomic E-state index is 0.0238. The van der Waals surface area contributed by atoms with Crippen LogP contribution in [0.3, 0.4) is 0 Å². The standard InChI is InChI=1S/C25H24Cl2N6O3S2/c1-25(2,3)16-9-12-22(20(27)13-16)33-24(29-31-32-33)37-15-23(34)28-21-11-10-18(14-19(21)26)38(35,36)30-17-7-5-4-6-8-17/h4-14,30H,15H2,1-3H3,(H,28,34). The van der Waals surface area contributed by atoms with Crippen LogP contribution in [0.4, 0.5) is 11.4 Å². The van der Waals surface area contributed by atoms with Gasteiger partial charge >= 0.3 is 0 Å². The number of benzene rings is 3. The highest BCUT2D eigenvalue weighted by Crippen LogP contribution is 2.31. The van der Waals surface area contributed by atoms with Crippen molar-refractivity contribution < 1.29 is 13.2 Å². The van der Waals surface area contributed by atoms with Crippen LogP contribution >= 0.6 is 35.0 Å². The van der Waals surface area contributed by atoms with Gasteiger partial charge in [-0.05, 0) is 63.9 Å². The Morgan fingerprint density at radius 3 is 2.39 bits per heavy atom. The van der Waals surface area contributed by atoms with Crippen molar-refractivity contribution in [1.82, 2.24) is 20.2 Å². The van der Waals surface area contributed by atoms with Gasteiger partial charge in [0.1, 0.15) is 0 Å². The average Bonchev–Trinajstić information content (AvgIpc) is 3.32. The van der Waals surface area contributed by atoms with E-state index in [1.54, 1.807) is 30.3 Å². The van der Waals surface area contributed by atoms with Crippen LogP contribution in [0.5, 0.6) is 0 Å². The molecule has 0 saturated heterocycles. The predicted octanol–water partition coefficient (Wildman–Crippen LogP) is 5.80. The molecule has 9 nitrogen and oxygen atoms in total. The lowest BCUT2D eigenvalue weighted by atomic mass is 9.87. The third-order valence-electron chi connectivity index (χ3n) is 5.37. The molecule has 0 radical (unpaired) electrons. The topological polar surface area (TPSA) is 119 Å². The summed E-state index contributed by atoms with van der Waals surface area (Å²) in [5.74, 6) is -0.400. The van der Waals surface area contributed by atoms with Gasteiger partial charge in [-0.2, -0.15) is 4.68 Å². The molecule has 4 rings (SSSR count). The number of anilines is 2. The Kier molecular flexibility index (Phi) is 8.31. The second kappa shape index (κ2) is 11.3. The van der Waals surface area contributed by atoms with Crippen molar-refractivity contribution in [1.29, 1.82) is 0 Å². The smallest absolute Gasteiger partial charge is 0.261 e. The van der Waals surface area contributed by atoms with Gasteiger partial charge in [0.05, 0.1) is 32.1 Å². The van der Waals surface area contributed by atoms with Crippen molar-refractivity contribution >= 4 is 62.3 Å². The lowest BCUT2D eigenvalue weighted by molar-refractivity contribution is -0.113. The number of hydrogen-bond acceptors (Lipinski definition) is 7. The summed E-state index contributed by atoms with van der Waals surface area (Å²) in [6.45, 7) is 6.28. The van der Waals surface area contributed by atoms with Crippen LogP contribution in [-0.4, -0.2) is 40.3 Å². The monoisotopic (exact) mass is 590 g/mol. The summed E-state index contributed by atoms with van der Waals surface area (Å²) in [6, 6.07) is 18.2. The molecule has 1 heterocycles. The fraction of sp³-hybridized carbons (Fsp3) is 0.200. The van der Waals surface area contributed by atoms with E-state index in [1.165, 1.54) is 22.9 Å². The number of carbonyl (C=O) groups excluding carboxylic acids is 1. The van der Waals surface area contributed by atoms with E-state index in [0.29, 0.717) is 21.6 Å². The molecule has 1 aromatic heterocycles. The molecular formula is C25H24Cl2N6O3S2. The largest absolute Gasteiger partial charge is 0.324 e. The number of para-hydroxylation sites is 1. The van der Waals surface area contributed by atoms with Crippen LogP contribution < -0.4 is 10.0 Å². The van der Waals surface area contributed by atoms with Gasteiger partial charge in [-0.15, -0.1) is 5.10 Å². The molecule has 0 aliphatic carbocycles. The Labute approximate surface area is 235 Å². The summed E-state index contributed by atoms with van der Waals surface area (Å²) in [5.41, 5.74) is 2.29. The van der Waals surface area contributed by atoms with Gasteiger partial charge < -0.3 is 5.32 Å². The van der Waals surface area contributed by atoms with Gasteiger partial charge in [0.2, 0.25) is 11.1 Å². The molecule has 0 aliphatic heterocycles. The molecule has 1 amide bonds. The van der Waals surface area contributed by atoms with Gasteiger partial charge in [-0.3, -0.25) is 9.52 Å². The number of nitrogens with zero attached hydrogens (tertiary/aromatic N) is 4. The first kappa shape index (κ1) is 27.9. The van der Waals surface area contributed by atoms with Gasteiger partial charge in [0.15, 0.2) is 0 Å². The normalized spacial score (nSPS) is 11.8. The summed E-state index contributed by atoms with van der Waals surface area (Å²) in [5, 5.41) is 15.4. The van der Waals surface area contributed by atoms with E-state index in [0.717, 1.165) is 17.3 Å². The molecule has 0 unspecified atom stereocenters. The number of thioether (sulfide) groups is 1. The molecule has 0 saturated carbocycles. The molecule has 0 spiro atoms. The summed E-state index contributed by atoms with van der Waals surface area (Å²) in [7, 11) is -3.85. The number of carbonyl (C=O) groups is 1. The maximum atomic E-state index is 12.7. The van der Waals surface area contributed by atoms with Crippen LogP contribution in [0.25, 0.3) is 5.69 Å². The third kappa shape index (κ3) is 6.65. The molecule has 0 atom stereocenters. The predicted molar refractivity (Wildman–Crippen MR) is 151 cm³/mol. The molecule has 2 N–H and O–H groups in total. The molecule has 0 bridgehead atoms. The molecule has 4 aromatic rings. The number of rotatable bonds is 8. The molecule has 3 aromatic carbocycles. The lowest BCUT2D eigenvalue weighted by Gasteiger charge is -2.20. The van der Waals surface area contributed by atoms with Crippen molar-refractivity contribution in [2.45, 2.75) is 36.2 Å². The second-order valence-corrected chi connectivity index (χ2v) is 12.7. The summed E-state index contributed by atoms with van der Waals surface area (Å²) in [6.07, 6.45) is 0. The SMILES string of the molecule is CC(C)(C)c1ccc(-n2nnnc2SCC(=O)Nc2ccc(S(=O)(=O)Nc3ccccc3)cc2Cl)c(Cl)c1. The molecule has 198 valence electrons. The van der Waals surface area contributed by atoms with Gasteiger partial charge in [0, 0.05) is 5.69 Å². The van der Waals surface area contributed by atoms with E-state index in [2.05, 4.69) is 46.3 Å². The molecule has 13 heteroatoms. The maximum Gasteiger partial charge on any atom is 0.261 e. The number of sulfonamides is 1. The molecule has 38 heavy (non-hydrogen) atoms. The number of hydrogen-bond donors (Lipinski definition) is 2. The first-order valence-corrected chi connectivity index (χ1v) is 14.6. The first-order chi connectivity index (χ1) is 17.9. The fourth-order valence-electron chi connectivity index (χ4n) is 3.37. The molecule has 0 aliphatic rings. The van der Waals surface area contributed by atoms with E-state index in [4.69, 9.17) is 23.2 Å². The van der Waals surface area contributed by atoms with Crippen LogP contribution in [0, 0.1) is 0 Å². The zero-order valence-electron chi connectivity index (χ0n) is 20.6. The first-order valence-electron chi connectivity index (χ1n) is 11.3. The number of halogens is 2. The quantitative estimate of drug-likeness (QED) is 0.249. The van der Waals surface area contributed by atoms with Crippen molar-refractivity contribution in [3.63, 3.8) is 0 Å². The highest BCUT2D eigenvalue weighted by atomic mass is 35.5. The van der Waals surface area contributed by atoms with E-state index < -0.39 is 10.0 Å². The van der Waals surface area contributed by atoms with Crippen molar-refractivity contribution in [2.24, 2.45) is 0 Å². The average molecular weight is 592 g/mol. The Bertz CT molecular complexity index is 1570. The second-order valence-electron chi connectivity index (χ2n) is 9.24. The third-order valence-corrected chi connectivity index (χ3v) is 8.28. The number of aromatic nitrogens is 4. The Morgan fingerprint density at radius 1 is 1.00 bits per heavy atom. The molecular weight excluding hydrogens is 567 g/mol. The Balaban J connectivity index is 1.41. The summed E-state index contributed by atoms with van der Waals surface area (Å²) < 4.78 is 29.3. The van der Waals surface area contributed by atoms with Crippen LogP contribution in [-0.2, 0) is 20.2 Å². The summed E-state index contributed by atoms with van der Waals surface area (Å²) >= 11 is 13.9. The van der Waals surface area contributed by atoms with E-state index in [9.17, 15) is 13.2 Å². The molecule has 0 fully saturated rings. The van der Waals surface area contributed by atoms with Crippen LogP contribution in [0.15, 0.2) is 76.8 Å².